The predicted molar refractivity (Wildman–Crippen MR) is 76.1 cm³/mol. The van der Waals surface area contributed by atoms with E-state index in [0.717, 1.165) is 25.6 Å². The zero-order valence-corrected chi connectivity index (χ0v) is 12.2. The van der Waals surface area contributed by atoms with Crippen LogP contribution in [0.2, 0.25) is 0 Å². The van der Waals surface area contributed by atoms with Gasteiger partial charge in [-0.15, -0.1) is 0 Å². The van der Waals surface area contributed by atoms with Crippen molar-refractivity contribution in [2.75, 3.05) is 19.6 Å². The zero-order chi connectivity index (χ0) is 15.0. The van der Waals surface area contributed by atoms with Crippen molar-refractivity contribution in [3.63, 3.8) is 0 Å². The van der Waals surface area contributed by atoms with Crippen molar-refractivity contribution in [2.24, 2.45) is 0 Å². The fraction of sp³-hybridized carbons (Fsp3) is 0.562. The second-order valence-corrected chi connectivity index (χ2v) is 6.05. The van der Waals surface area contributed by atoms with Gasteiger partial charge in [0.1, 0.15) is 0 Å². The maximum atomic E-state index is 13.8. The first kappa shape index (κ1) is 14.4. The van der Waals surface area contributed by atoms with Crippen LogP contribution in [-0.4, -0.2) is 47.4 Å². The Morgan fingerprint density at radius 1 is 1.24 bits per heavy atom. The number of fused-ring (bicyclic) bond motifs is 1. The fourth-order valence-electron chi connectivity index (χ4n) is 3.46. The third-order valence-electron chi connectivity index (χ3n) is 4.63. The van der Waals surface area contributed by atoms with E-state index in [1.54, 1.807) is 4.90 Å². The lowest BCUT2D eigenvalue weighted by Crippen LogP contribution is -2.60. The van der Waals surface area contributed by atoms with Crippen molar-refractivity contribution in [3.8, 4) is 0 Å². The first-order chi connectivity index (χ1) is 10.1. The lowest BCUT2D eigenvalue weighted by Gasteiger charge is -2.47. The van der Waals surface area contributed by atoms with Crippen LogP contribution in [0.5, 0.6) is 0 Å². The molecule has 2 heterocycles. The third-order valence-corrected chi connectivity index (χ3v) is 4.63. The number of carbonyl (C=O) groups is 1. The maximum absolute atomic E-state index is 13.8. The van der Waals surface area contributed by atoms with Gasteiger partial charge in [-0.05, 0) is 38.4 Å². The molecule has 0 spiro atoms. The zero-order valence-electron chi connectivity index (χ0n) is 12.2. The molecule has 5 heteroatoms. The van der Waals surface area contributed by atoms with E-state index >= 15 is 0 Å². The highest BCUT2D eigenvalue weighted by atomic mass is 19.2. The lowest BCUT2D eigenvalue weighted by atomic mass is 9.96. The summed E-state index contributed by atoms with van der Waals surface area (Å²) in [5.74, 6) is -2.41. The van der Waals surface area contributed by atoms with Crippen molar-refractivity contribution < 1.29 is 13.6 Å². The number of piperazine rings is 1. The number of benzene rings is 1. The van der Waals surface area contributed by atoms with E-state index in [2.05, 4.69) is 4.90 Å². The van der Waals surface area contributed by atoms with Gasteiger partial charge in [0.15, 0.2) is 11.6 Å². The summed E-state index contributed by atoms with van der Waals surface area (Å²) in [5, 5.41) is 0. The first-order valence-electron chi connectivity index (χ1n) is 7.57. The molecule has 1 aromatic carbocycles. The topological polar surface area (TPSA) is 23.6 Å². The molecule has 0 aliphatic carbocycles. The smallest absolute Gasteiger partial charge is 0.257 e. The molecule has 1 aromatic rings. The van der Waals surface area contributed by atoms with Gasteiger partial charge >= 0.3 is 0 Å². The van der Waals surface area contributed by atoms with E-state index in [1.807, 2.05) is 6.92 Å². The van der Waals surface area contributed by atoms with Crippen LogP contribution in [-0.2, 0) is 0 Å². The van der Waals surface area contributed by atoms with Gasteiger partial charge in [0, 0.05) is 25.2 Å². The molecule has 2 atom stereocenters. The Morgan fingerprint density at radius 3 is 2.86 bits per heavy atom. The summed E-state index contributed by atoms with van der Waals surface area (Å²) in [4.78, 5) is 16.7. The van der Waals surface area contributed by atoms with Crippen LogP contribution in [0, 0.1) is 11.6 Å². The van der Waals surface area contributed by atoms with Gasteiger partial charge in [-0.1, -0.05) is 12.5 Å². The lowest BCUT2D eigenvalue weighted by molar-refractivity contribution is 0.0148. The molecule has 3 nitrogen and oxygen atoms in total. The van der Waals surface area contributed by atoms with E-state index in [1.165, 1.54) is 25.0 Å². The molecule has 2 unspecified atom stereocenters. The molecule has 1 amide bonds. The summed E-state index contributed by atoms with van der Waals surface area (Å²) in [6, 6.07) is 4.16. The number of halogens is 2. The minimum atomic E-state index is -1.04. The molecule has 0 aromatic heterocycles. The number of carbonyl (C=O) groups excluding carboxylic acids is 1. The number of hydrogen-bond acceptors (Lipinski definition) is 2. The van der Waals surface area contributed by atoms with Gasteiger partial charge < -0.3 is 4.90 Å². The van der Waals surface area contributed by atoms with E-state index in [0.29, 0.717) is 12.6 Å². The van der Waals surface area contributed by atoms with Crippen LogP contribution < -0.4 is 0 Å². The van der Waals surface area contributed by atoms with Crippen molar-refractivity contribution in [1.82, 2.24) is 9.80 Å². The summed E-state index contributed by atoms with van der Waals surface area (Å²) in [6.07, 6.45) is 3.45. The number of rotatable bonds is 1. The summed E-state index contributed by atoms with van der Waals surface area (Å²) in [7, 11) is 0. The van der Waals surface area contributed by atoms with Crippen LogP contribution in [0.3, 0.4) is 0 Å². The van der Waals surface area contributed by atoms with Gasteiger partial charge in [-0.2, -0.15) is 0 Å². The van der Waals surface area contributed by atoms with Crippen LogP contribution in [0.1, 0.15) is 36.5 Å². The van der Waals surface area contributed by atoms with Gasteiger partial charge in [-0.3, -0.25) is 9.69 Å². The molecule has 0 radical (unpaired) electrons. The van der Waals surface area contributed by atoms with Gasteiger partial charge in [0.2, 0.25) is 0 Å². The Kier molecular flexibility index (Phi) is 3.93. The molecule has 0 bridgehead atoms. The van der Waals surface area contributed by atoms with Crippen LogP contribution >= 0.6 is 0 Å². The number of hydrogen-bond donors (Lipinski definition) is 0. The van der Waals surface area contributed by atoms with Gasteiger partial charge in [0.25, 0.3) is 5.91 Å². The van der Waals surface area contributed by atoms with Gasteiger partial charge in [0.05, 0.1) is 5.56 Å². The van der Waals surface area contributed by atoms with Crippen LogP contribution in [0.25, 0.3) is 0 Å². The highest BCUT2D eigenvalue weighted by Gasteiger charge is 2.36. The van der Waals surface area contributed by atoms with E-state index in [9.17, 15) is 13.6 Å². The summed E-state index contributed by atoms with van der Waals surface area (Å²) < 4.78 is 27.2. The van der Waals surface area contributed by atoms with Crippen molar-refractivity contribution in [3.05, 3.63) is 35.4 Å². The Balaban J connectivity index is 1.82. The highest BCUT2D eigenvalue weighted by Crippen LogP contribution is 2.26. The Labute approximate surface area is 123 Å². The minimum absolute atomic E-state index is 0.0227. The molecule has 3 rings (SSSR count). The summed E-state index contributed by atoms with van der Waals surface area (Å²) in [5.41, 5.74) is -0.161. The van der Waals surface area contributed by atoms with E-state index in [-0.39, 0.29) is 11.6 Å². The maximum Gasteiger partial charge on any atom is 0.257 e. The third kappa shape index (κ3) is 2.67. The molecule has 2 aliphatic heterocycles. The molecule has 21 heavy (non-hydrogen) atoms. The minimum Gasteiger partial charge on any atom is -0.333 e. The summed E-state index contributed by atoms with van der Waals surface area (Å²) >= 11 is 0. The molecule has 2 aliphatic rings. The number of nitrogens with zero attached hydrogens (tertiary/aromatic N) is 2. The SMILES string of the molecule is CC1CN2CCCCC2CN1C(=O)c1cccc(F)c1F. The quantitative estimate of drug-likeness (QED) is 0.795. The average molecular weight is 294 g/mol. The number of piperidine rings is 1. The molecule has 114 valence electrons. The van der Waals surface area contributed by atoms with Gasteiger partial charge in [-0.25, -0.2) is 8.78 Å². The standard InChI is InChI=1S/C16H20F2N2O/c1-11-9-19-8-3-2-5-12(19)10-20(11)16(21)13-6-4-7-14(17)15(13)18/h4,6-7,11-12H,2-3,5,8-10H2,1H3. The second-order valence-electron chi connectivity index (χ2n) is 6.05. The Hall–Kier alpha value is -1.49. The Morgan fingerprint density at radius 2 is 2.05 bits per heavy atom. The fourth-order valence-corrected chi connectivity index (χ4v) is 3.46. The predicted octanol–water partition coefficient (Wildman–Crippen LogP) is 2.66. The second kappa shape index (κ2) is 5.72. The van der Waals surface area contributed by atoms with Crippen molar-refractivity contribution >= 4 is 5.91 Å². The molecule has 0 N–H and O–H groups in total. The Bertz CT molecular complexity index is 549. The molecule has 0 saturated carbocycles. The monoisotopic (exact) mass is 294 g/mol. The molecular weight excluding hydrogens is 274 g/mol. The highest BCUT2D eigenvalue weighted by molar-refractivity contribution is 5.94. The number of amides is 1. The van der Waals surface area contributed by atoms with E-state index < -0.39 is 17.5 Å². The molecule has 2 saturated heterocycles. The molecular formula is C16H20F2N2O. The van der Waals surface area contributed by atoms with E-state index in [4.69, 9.17) is 0 Å². The van der Waals surface area contributed by atoms with Crippen LogP contribution in [0.15, 0.2) is 18.2 Å². The first-order valence-corrected chi connectivity index (χ1v) is 7.57. The average Bonchev–Trinajstić information content (AvgIpc) is 2.48. The summed E-state index contributed by atoms with van der Waals surface area (Å²) in [6.45, 7) is 4.47. The largest absolute Gasteiger partial charge is 0.333 e. The molecule has 2 fully saturated rings. The van der Waals surface area contributed by atoms with Crippen molar-refractivity contribution in [1.29, 1.82) is 0 Å². The van der Waals surface area contributed by atoms with Crippen LogP contribution in [0.4, 0.5) is 8.78 Å². The normalized spacial score (nSPS) is 26.5. The van der Waals surface area contributed by atoms with Crippen molar-refractivity contribution in [2.45, 2.75) is 38.3 Å².